The van der Waals surface area contributed by atoms with Crippen molar-refractivity contribution in [2.24, 2.45) is 0 Å². The van der Waals surface area contributed by atoms with Crippen LogP contribution in [0.4, 0.5) is 10.1 Å². The van der Waals surface area contributed by atoms with Crippen LogP contribution in [0.3, 0.4) is 0 Å². The van der Waals surface area contributed by atoms with Crippen LogP contribution in [-0.4, -0.2) is 17.1 Å². The van der Waals surface area contributed by atoms with Crippen LogP contribution in [0, 0.1) is 12.7 Å². The first kappa shape index (κ1) is 17.0. The van der Waals surface area contributed by atoms with E-state index in [1.807, 2.05) is 43.5 Å². The van der Waals surface area contributed by atoms with Crippen molar-refractivity contribution in [2.45, 2.75) is 27.3 Å². The summed E-state index contributed by atoms with van der Waals surface area (Å²) in [6.07, 6.45) is 0. The number of carbonyl (C=O) groups is 1. The molecule has 1 heterocycles. The van der Waals surface area contributed by atoms with E-state index in [9.17, 15) is 9.18 Å². The van der Waals surface area contributed by atoms with Crippen molar-refractivity contribution in [2.75, 3.05) is 11.9 Å². The molecule has 0 aliphatic rings. The van der Waals surface area contributed by atoms with E-state index in [2.05, 4.69) is 5.32 Å². The molecule has 5 heteroatoms. The maximum absolute atomic E-state index is 13.0. The third kappa shape index (κ3) is 3.22. The number of anilines is 1. The minimum Gasteiger partial charge on any atom is -0.494 e. The smallest absolute Gasteiger partial charge is 0.272 e. The highest BCUT2D eigenvalue weighted by Gasteiger charge is 2.20. The summed E-state index contributed by atoms with van der Waals surface area (Å²) in [5.41, 5.74) is 3.06. The van der Waals surface area contributed by atoms with Crippen molar-refractivity contribution in [3.8, 4) is 5.75 Å². The quantitative estimate of drug-likeness (QED) is 0.728. The summed E-state index contributed by atoms with van der Waals surface area (Å²) in [7, 11) is 0. The number of hydrogen-bond donors (Lipinski definition) is 1. The first-order valence-electron chi connectivity index (χ1n) is 8.37. The second kappa shape index (κ2) is 6.97. The topological polar surface area (TPSA) is 43.3 Å². The van der Waals surface area contributed by atoms with E-state index in [0.717, 1.165) is 22.2 Å². The molecular weight excluding hydrogens is 319 g/mol. The highest BCUT2D eigenvalue weighted by Crippen LogP contribution is 2.30. The van der Waals surface area contributed by atoms with E-state index in [0.29, 0.717) is 24.5 Å². The fourth-order valence-corrected chi connectivity index (χ4v) is 3.10. The van der Waals surface area contributed by atoms with Crippen LogP contribution in [0.5, 0.6) is 5.75 Å². The number of benzene rings is 2. The van der Waals surface area contributed by atoms with Gasteiger partial charge in [0.05, 0.1) is 6.61 Å². The summed E-state index contributed by atoms with van der Waals surface area (Å²) in [5.74, 6) is 0.247. The first-order valence-corrected chi connectivity index (χ1v) is 8.37. The van der Waals surface area contributed by atoms with Crippen molar-refractivity contribution in [3.05, 3.63) is 59.5 Å². The third-order valence-electron chi connectivity index (χ3n) is 4.23. The molecule has 0 bridgehead atoms. The fourth-order valence-electron chi connectivity index (χ4n) is 3.10. The molecule has 0 unspecified atom stereocenters. The van der Waals surface area contributed by atoms with Crippen molar-refractivity contribution in [1.29, 1.82) is 0 Å². The summed E-state index contributed by atoms with van der Waals surface area (Å²) < 4.78 is 20.6. The van der Waals surface area contributed by atoms with E-state index in [-0.39, 0.29) is 11.7 Å². The normalized spacial score (nSPS) is 10.9. The summed E-state index contributed by atoms with van der Waals surface area (Å²) in [5, 5.41) is 3.84. The van der Waals surface area contributed by atoms with Gasteiger partial charge in [-0.1, -0.05) is 0 Å². The van der Waals surface area contributed by atoms with E-state index in [1.165, 1.54) is 12.1 Å². The predicted octanol–water partition coefficient (Wildman–Crippen LogP) is 4.76. The fraction of sp³-hybridized carbons (Fsp3) is 0.250. The van der Waals surface area contributed by atoms with Gasteiger partial charge in [-0.25, -0.2) is 4.39 Å². The van der Waals surface area contributed by atoms with Gasteiger partial charge in [0.2, 0.25) is 0 Å². The van der Waals surface area contributed by atoms with E-state index in [4.69, 9.17) is 4.74 Å². The zero-order valence-corrected chi connectivity index (χ0v) is 14.6. The number of halogens is 1. The molecule has 0 aliphatic carbocycles. The molecule has 1 N–H and O–H groups in total. The van der Waals surface area contributed by atoms with Crippen molar-refractivity contribution in [1.82, 2.24) is 4.57 Å². The second-order valence-electron chi connectivity index (χ2n) is 5.79. The van der Waals surface area contributed by atoms with E-state index >= 15 is 0 Å². The highest BCUT2D eigenvalue weighted by molar-refractivity contribution is 6.08. The zero-order valence-electron chi connectivity index (χ0n) is 14.6. The molecule has 0 fully saturated rings. The number of aromatic nitrogens is 1. The lowest BCUT2D eigenvalue weighted by molar-refractivity contribution is 0.101. The Morgan fingerprint density at radius 2 is 1.88 bits per heavy atom. The van der Waals surface area contributed by atoms with Gasteiger partial charge < -0.3 is 14.6 Å². The van der Waals surface area contributed by atoms with Crippen molar-refractivity contribution in [3.63, 3.8) is 0 Å². The number of rotatable bonds is 5. The average Bonchev–Trinajstić information content (AvgIpc) is 2.89. The van der Waals surface area contributed by atoms with Gasteiger partial charge in [-0.3, -0.25) is 4.79 Å². The van der Waals surface area contributed by atoms with Crippen LogP contribution in [0.1, 0.15) is 29.9 Å². The molecule has 1 amide bonds. The van der Waals surface area contributed by atoms with Crippen molar-refractivity contribution >= 4 is 22.5 Å². The molecule has 1 aromatic heterocycles. The Kier molecular flexibility index (Phi) is 4.74. The lowest BCUT2D eigenvalue weighted by Crippen LogP contribution is -2.17. The van der Waals surface area contributed by atoms with Crippen LogP contribution < -0.4 is 10.1 Å². The van der Waals surface area contributed by atoms with Crippen LogP contribution in [0.2, 0.25) is 0 Å². The molecule has 130 valence electrons. The predicted molar refractivity (Wildman–Crippen MR) is 97.9 cm³/mol. The average molecular weight is 340 g/mol. The van der Waals surface area contributed by atoms with Gasteiger partial charge in [0, 0.05) is 23.1 Å². The minimum atomic E-state index is -0.333. The van der Waals surface area contributed by atoms with Gasteiger partial charge in [-0.2, -0.15) is 0 Å². The number of hydrogen-bond acceptors (Lipinski definition) is 2. The summed E-state index contributed by atoms with van der Waals surface area (Å²) >= 11 is 0. The molecule has 0 radical (unpaired) electrons. The highest BCUT2D eigenvalue weighted by atomic mass is 19.1. The standard InChI is InChI=1S/C20H21FN2O2/c1-4-23-18-11-10-16(25-5-2)12-17(18)13(3)19(23)20(24)22-15-8-6-14(21)7-9-15/h6-12H,4-5H2,1-3H3,(H,22,24). The largest absolute Gasteiger partial charge is 0.494 e. The van der Waals surface area contributed by atoms with Gasteiger partial charge in [0.25, 0.3) is 5.91 Å². The van der Waals surface area contributed by atoms with E-state index in [1.54, 1.807) is 12.1 Å². The Morgan fingerprint density at radius 1 is 1.16 bits per heavy atom. The number of ether oxygens (including phenoxy) is 1. The second-order valence-corrected chi connectivity index (χ2v) is 5.79. The van der Waals surface area contributed by atoms with Gasteiger partial charge >= 0.3 is 0 Å². The molecule has 0 saturated heterocycles. The molecule has 0 aliphatic heterocycles. The molecule has 3 aromatic rings. The van der Waals surface area contributed by atoms with Crippen LogP contribution in [0.25, 0.3) is 10.9 Å². The Balaban J connectivity index is 2.03. The first-order chi connectivity index (χ1) is 12.0. The number of carbonyl (C=O) groups excluding carboxylic acids is 1. The van der Waals surface area contributed by atoms with E-state index < -0.39 is 0 Å². The number of nitrogens with one attached hydrogen (secondary N) is 1. The minimum absolute atomic E-state index is 0.208. The van der Waals surface area contributed by atoms with Crippen molar-refractivity contribution < 1.29 is 13.9 Å². The molecule has 0 spiro atoms. The lowest BCUT2D eigenvalue weighted by Gasteiger charge is -2.10. The SMILES string of the molecule is CCOc1ccc2c(c1)c(C)c(C(=O)Nc1ccc(F)cc1)n2CC. The van der Waals surface area contributed by atoms with Crippen LogP contribution in [0.15, 0.2) is 42.5 Å². The van der Waals surface area contributed by atoms with Gasteiger partial charge in [0.1, 0.15) is 17.3 Å². The molecule has 2 aromatic carbocycles. The van der Waals surface area contributed by atoms with Gasteiger partial charge in [0.15, 0.2) is 0 Å². The monoisotopic (exact) mass is 340 g/mol. The number of fused-ring (bicyclic) bond motifs is 1. The molecule has 3 rings (SSSR count). The summed E-state index contributed by atoms with van der Waals surface area (Å²) in [4.78, 5) is 12.8. The molecule has 0 atom stereocenters. The molecule has 25 heavy (non-hydrogen) atoms. The summed E-state index contributed by atoms with van der Waals surface area (Å²) in [6, 6.07) is 11.6. The van der Waals surface area contributed by atoms with Gasteiger partial charge in [-0.15, -0.1) is 0 Å². The Labute approximate surface area is 146 Å². The molecular formula is C20H21FN2O2. The van der Waals surface area contributed by atoms with Crippen LogP contribution >= 0.6 is 0 Å². The summed E-state index contributed by atoms with van der Waals surface area (Å²) in [6.45, 7) is 7.14. The van der Waals surface area contributed by atoms with Gasteiger partial charge in [-0.05, 0) is 68.8 Å². The maximum atomic E-state index is 13.0. The number of amides is 1. The zero-order chi connectivity index (χ0) is 18.0. The Bertz CT molecular complexity index is 914. The number of nitrogens with zero attached hydrogens (tertiary/aromatic N) is 1. The third-order valence-corrected chi connectivity index (χ3v) is 4.23. The Morgan fingerprint density at radius 3 is 2.52 bits per heavy atom. The Hall–Kier alpha value is -2.82. The molecule has 0 saturated carbocycles. The molecule has 4 nitrogen and oxygen atoms in total. The lowest BCUT2D eigenvalue weighted by atomic mass is 10.1. The van der Waals surface area contributed by atoms with Crippen LogP contribution in [-0.2, 0) is 6.54 Å². The maximum Gasteiger partial charge on any atom is 0.272 e. The number of aryl methyl sites for hydroxylation is 2.